The summed E-state index contributed by atoms with van der Waals surface area (Å²) in [5.74, 6) is -0.334. The van der Waals surface area contributed by atoms with E-state index in [0.29, 0.717) is 13.0 Å². The third-order valence-corrected chi connectivity index (χ3v) is 11.5. The number of esters is 1. The molecule has 0 aromatic carbocycles. The molecule has 1 heterocycles. The van der Waals surface area contributed by atoms with Crippen LogP contribution in [-0.2, 0) is 23.7 Å². The molecule has 9 nitrogen and oxygen atoms in total. The quantitative estimate of drug-likeness (QED) is 0.0268. The van der Waals surface area contributed by atoms with Crippen LogP contribution in [0.4, 0.5) is 0 Å². The first-order chi connectivity index (χ1) is 32.4. The van der Waals surface area contributed by atoms with Crippen molar-refractivity contribution in [2.75, 3.05) is 26.4 Å². The first kappa shape index (κ1) is 61.1. The second-order valence-corrected chi connectivity index (χ2v) is 17.6. The van der Waals surface area contributed by atoms with E-state index in [1.165, 1.54) is 89.9 Å². The Morgan fingerprint density at radius 1 is 0.500 bits per heavy atom. The van der Waals surface area contributed by atoms with Gasteiger partial charge in [0.05, 0.1) is 19.8 Å². The Hall–Kier alpha value is -2.89. The van der Waals surface area contributed by atoms with E-state index in [1.807, 2.05) is 0 Å². The van der Waals surface area contributed by atoms with Crippen LogP contribution in [0.25, 0.3) is 0 Å². The van der Waals surface area contributed by atoms with Gasteiger partial charge in [0.1, 0.15) is 30.5 Å². The van der Waals surface area contributed by atoms with E-state index in [1.54, 1.807) is 0 Å². The highest BCUT2D eigenvalue weighted by molar-refractivity contribution is 5.69. The SMILES string of the molecule is CC/C=C\C/C=C\C/C=C\C/C=C\C/C=C\C/C=C\C/C=C\CCCCOCC(COC1OC(CO)C(O)C(O)C1O)OC(=O)CCCCCCCCCCC/C=C\CCCCCCCC. The van der Waals surface area contributed by atoms with Gasteiger partial charge in [-0.15, -0.1) is 0 Å². The van der Waals surface area contributed by atoms with E-state index in [2.05, 4.69) is 111 Å². The number of hydrogen-bond donors (Lipinski definition) is 4. The topological polar surface area (TPSA) is 135 Å². The number of aliphatic hydroxyl groups is 4. The Labute approximate surface area is 402 Å². The number of hydrogen-bond acceptors (Lipinski definition) is 9. The monoisotopic (exact) mass is 925 g/mol. The molecule has 66 heavy (non-hydrogen) atoms. The summed E-state index contributed by atoms with van der Waals surface area (Å²) in [7, 11) is 0. The lowest BCUT2D eigenvalue weighted by atomic mass is 9.99. The van der Waals surface area contributed by atoms with Crippen molar-refractivity contribution >= 4 is 5.97 Å². The first-order valence-corrected chi connectivity index (χ1v) is 26.3. The number of carbonyl (C=O) groups excluding carboxylic acids is 1. The second kappa shape index (κ2) is 47.2. The van der Waals surface area contributed by atoms with Crippen LogP contribution < -0.4 is 0 Å². The Bertz CT molecular complexity index is 1330. The van der Waals surface area contributed by atoms with Crippen molar-refractivity contribution in [3.63, 3.8) is 0 Å². The fraction of sp³-hybridized carbons (Fsp3) is 0.702. The Balaban J connectivity index is 2.26. The molecule has 9 heteroatoms. The maximum atomic E-state index is 12.8. The Morgan fingerprint density at radius 2 is 0.924 bits per heavy atom. The molecule has 0 saturated carbocycles. The van der Waals surface area contributed by atoms with Gasteiger partial charge in [-0.2, -0.15) is 0 Å². The van der Waals surface area contributed by atoms with Crippen molar-refractivity contribution < 1.29 is 44.2 Å². The number of carbonyl (C=O) groups is 1. The minimum Gasteiger partial charge on any atom is -0.457 e. The highest BCUT2D eigenvalue weighted by Gasteiger charge is 2.44. The minimum atomic E-state index is -1.55. The van der Waals surface area contributed by atoms with Crippen molar-refractivity contribution in [1.29, 1.82) is 0 Å². The van der Waals surface area contributed by atoms with E-state index < -0.39 is 43.4 Å². The van der Waals surface area contributed by atoms with Crippen LogP contribution in [0.5, 0.6) is 0 Å². The van der Waals surface area contributed by atoms with Crippen LogP contribution in [0.1, 0.15) is 194 Å². The van der Waals surface area contributed by atoms with Gasteiger partial charge in [-0.1, -0.05) is 188 Å². The molecule has 0 aliphatic carbocycles. The maximum absolute atomic E-state index is 12.8. The number of allylic oxidation sites excluding steroid dienone is 16. The van der Waals surface area contributed by atoms with Crippen LogP contribution >= 0.6 is 0 Å². The minimum absolute atomic E-state index is 0.108. The van der Waals surface area contributed by atoms with E-state index >= 15 is 0 Å². The van der Waals surface area contributed by atoms with Crippen LogP contribution in [0.3, 0.4) is 0 Å². The Morgan fingerprint density at radius 3 is 1.41 bits per heavy atom. The standard InChI is InChI=1S/C57H96O9/c1-3-5-7-9-11-13-15-17-19-21-23-24-25-26-27-29-31-33-35-37-39-41-43-45-47-63-49-51(50-64-57-56(62)55(61)54(60)52(48-58)66-57)65-53(59)46-44-42-40-38-36-34-32-30-28-22-20-18-16-14-12-10-8-6-4-2/h5,7,11,13,17-20,23-24,26-27,31,33,37,39,51-52,54-58,60-62H,3-4,6,8-10,12,14-16,21-22,25,28-30,32,34-36,38,40-50H2,1-2H3/b7-5-,13-11-,19-17-,20-18-,24-23-,27-26-,33-31-,39-37-. The number of unbranched alkanes of at least 4 members (excludes halogenated alkanes) is 17. The average molecular weight is 925 g/mol. The van der Waals surface area contributed by atoms with E-state index in [0.717, 1.165) is 83.5 Å². The lowest BCUT2D eigenvalue weighted by molar-refractivity contribution is -0.305. The molecule has 0 aromatic heterocycles. The summed E-state index contributed by atoms with van der Waals surface area (Å²) >= 11 is 0. The molecule has 0 bridgehead atoms. The summed E-state index contributed by atoms with van der Waals surface area (Å²) in [5.41, 5.74) is 0. The molecule has 6 atom stereocenters. The van der Waals surface area contributed by atoms with Gasteiger partial charge in [0, 0.05) is 13.0 Å². The molecule has 0 amide bonds. The number of aliphatic hydroxyl groups excluding tert-OH is 4. The smallest absolute Gasteiger partial charge is 0.306 e. The van der Waals surface area contributed by atoms with Gasteiger partial charge in [-0.25, -0.2) is 0 Å². The molecular weight excluding hydrogens is 829 g/mol. The van der Waals surface area contributed by atoms with Crippen molar-refractivity contribution in [3.05, 3.63) is 97.2 Å². The third-order valence-electron chi connectivity index (χ3n) is 11.5. The first-order valence-electron chi connectivity index (χ1n) is 26.3. The van der Waals surface area contributed by atoms with Crippen molar-refractivity contribution in [3.8, 4) is 0 Å². The number of ether oxygens (including phenoxy) is 4. The molecule has 1 saturated heterocycles. The van der Waals surface area contributed by atoms with E-state index in [9.17, 15) is 25.2 Å². The predicted molar refractivity (Wildman–Crippen MR) is 274 cm³/mol. The molecule has 378 valence electrons. The van der Waals surface area contributed by atoms with Crippen molar-refractivity contribution in [2.24, 2.45) is 0 Å². The second-order valence-electron chi connectivity index (χ2n) is 17.6. The van der Waals surface area contributed by atoms with E-state index in [-0.39, 0.29) is 19.2 Å². The van der Waals surface area contributed by atoms with Crippen molar-refractivity contribution in [2.45, 2.75) is 230 Å². The van der Waals surface area contributed by atoms with Gasteiger partial charge >= 0.3 is 5.97 Å². The lowest BCUT2D eigenvalue weighted by Crippen LogP contribution is -2.59. The predicted octanol–water partition coefficient (Wildman–Crippen LogP) is 13.1. The molecule has 1 aliphatic rings. The van der Waals surface area contributed by atoms with Gasteiger partial charge in [-0.3, -0.25) is 4.79 Å². The molecule has 0 aromatic rings. The molecule has 1 aliphatic heterocycles. The summed E-state index contributed by atoms with van der Waals surface area (Å²) in [6, 6.07) is 0. The van der Waals surface area contributed by atoms with Gasteiger partial charge in [0.15, 0.2) is 6.29 Å². The van der Waals surface area contributed by atoms with Crippen LogP contribution in [0.2, 0.25) is 0 Å². The largest absolute Gasteiger partial charge is 0.457 e. The lowest BCUT2D eigenvalue weighted by Gasteiger charge is -2.39. The molecule has 0 spiro atoms. The zero-order chi connectivity index (χ0) is 47.8. The highest BCUT2D eigenvalue weighted by atomic mass is 16.7. The fourth-order valence-corrected chi connectivity index (χ4v) is 7.41. The molecule has 4 N–H and O–H groups in total. The van der Waals surface area contributed by atoms with Crippen molar-refractivity contribution in [1.82, 2.24) is 0 Å². The third kappa shape index (κ3) is 37.1. The van der Waals surface area contributed by atoms with Gasteiger partial charge in [-0.05, 0) is 96.3 Å². The normalized spacial score (nSPS) is 20.1. The molecule has 1 fully saturated rings. The molecular formula is C57H96O9. The molecule has 1 rings (SSSR count). The average Bonchev–Trinajstić information content (AvgIpc) is 3.32. The maximum Gasteiger partial charge on any atom is 0.306 e. The summed E-state index contributed by atoms with van der Waals surface area (Å²) in [5, 5.41) is 40.3. The summed E-state index contributed by atoms with van der Waals surface area (Å²) in [6.07, 6.45) is 58.7. The summed E-state index contributed by atoms with van der Waals surface area (Å²) in [4.78, 5) is 12.8. The Kier molecular flexibility index (Phi) is 43.7. The zero-order valence-electron chi connectivity index (χ0n) is 41.7. The molecule has 0 radical (unpaired) electrons. The highest BCUT2D eigenvalue weighted by Crippen LogP contribution is 2.22. The van der Waals surface area contributed by atoms with Crippen LogP contribution in [0, 0.1) is 0 Å². The number of rotatable bonds is 44. The summed E-state index contributed by atoms with van der Waals surface area (Å²) < 4.78 is 22.8. The van der Waals surface area contributed by atoms with E-state index in [4.69, 9.17) is 18.9 Å². The van der Waals surface area contributed by atoms with Gasteiger partial charge in [0.2, 0.25) is 0 Å². The fourth-order valence-electron chi connectivity index (χ4n) is 7.41. The zero-order valence-corrected chi connectivity index (χ0v) is 41.7. The van der Waals surface area contributed by atoms with Gasteiger partial charge in [0.25, 0.3) is 0 Å². The summed E-state index contributed by atoms with van der Waals surface area (Å²) in [6.45, 7) is 4.33. The van der Waals surface area contributed by atoms with Gasteiger partial charge < -0.3 is 39.4 Å². The van der Waals surface area contributed by atoms with Crippen LogP contribution in [0.15, 0.2) is 97.2 Å². The van der Waals surface area contributed by atoms with Crippen LogP contribution in [-0.4, -0.2) is 89.6 Å². The molecule has 6 unspecified atom stereocenters.